The molecule has 166 valence electrons. The monoisotopic (exact) mass is 468 g/mol. The Labute approximate surface area is 186 Å². The first-order valence-corrected chi connectivity index (χ1v) is 11.4. The second-order valence-corrected chi connectivity index (χ2v) is 8.17. The van der Waals surface area contributed by atoms with Gasteiger partial charge in [0.2, 0.25) is 5.91 Å². The van der Waals surface area contributed by atoms with Crippen LogP contribution in [0.3, 0.4) is 0 Å². The number of alkyl halides is 2. The van der Waals surface area contributed by atoms with Gasteiger partial charge in [-0.05, 0) is 42.5 Å². The summed E-state index contributed by atoms with van der Waals surface area (Å²) in [7, 11) is 1.38. The number of ether oxygens (including phenoxy) is 2. The molecule has 3 rings (SSSR count). The second-order valence-electron chi connectivity index (χ2n) is 6.28. The minimum atomic E-state index is -2.92. The van der Waals surface area contributed by atoms with Crippen molar-refractivity contribution in [1.29, 1.82) is 0 Å². The summed E-state index contributed by atoms with van der Waals surface area (Å²) < 4.78 is 36.3. The molecular weight excluding hydrogens is 446 g/mol. The van der Waals surface area contributed by atoms with E-state index in [2.05, 4.69) is 20.3 Å². The minimum absolute atomic E-state index is 0.0244. The molecule has 7 nitrogen and oxygen atoms in total. The predicted octanol–water partition coefficient (Wildman–Crippen LogP) is 4.09. The second kappa shape index (κ2) is 11.1. The van der Waals surface area contributed by atoms with Crippen LogP contribution in [0.15, 0.2) is 40.9 Å². The van der Waals surface area contributed by atoms with Crippen molar-refractivity contribution in [3.05, 3.63) is 41.3 Å². The van der Waals surface area contributed by atoms with E-state index in [0.29, 0.717) is 24.7 Å². The fourth-order valence-corrected chi connectivity index (χ4v) is 4.41. The van der Waals surface area contributed by atoms with E-state index in [9.17, 15) is 13.6 Å². The third-order valence-electron chi connectivity index (χ3n) is 4.29. The maximum atomic E-state index is 12.4. The summed E-state index contributed by atoms with van der Waals surface area (Å²) in [6.07, 6.45) is 0.523. The number of carbonyl (C=O) groups is 1. The van der Waals surface area contributed by atoms with Crippen molar-refractivity contribution in [2.45, 2.75) is 31.7 Å². The smallest absolute Gasteiger partial charge is 0.387 e. The summed E-state index contributed by atoms with van der Waals surface area (Å²) in [5, 5.41) is 14.0. The Balaban J connectivity index is 1.49. The van der Waals surface area contributed by atoms with Gasteiger partial charge < -0.3 is 19.4 Å². The molecule has 0 bridgehead atoms. The summed E-state index contributed by atoms with van der Waals surface area (Å²) in [4.78, 5) is 13.3. The maximum Gasteiger partial charge on any atom is 0.387 e. The number of amides is 1. The third kappa shape index (κ3) is 6.17. The molecule has 0 aliphatic heterocycles. The first-order valence-electron chi connectivity index (χ1n) is 9.50. The van der Waals surface area contributed by atoms with Gasteiger partial charge in [-0.2, -0.15) is 8.78 Å². The minimum Gasteiger partial charge on any atom is -0.493 e. The van der Waals surface area contributed by atoms with Gasteiger partial charge in [0.15, 0.2) is 22.5 Å². The first-order chi connectivity index (χ1) is 15.0. The molecule has 3 aromatic rings. The number of halogens is 2. The molecule has 2 heterocycles. The van der Waals surface area contributed by atoms with Gasteiger partial charge in [0.1, 0.15) is 0 Å². The molecular formula is C20H22F2N4O3S2. The van der Waals surface area contributed by atoms with Gasteiger partial charge in [-0.15, -0.1) is 21.5 Å². The molecule has 0 saturated carbocycles. The van der Waals surface area contributed by atoms with E-state index in [0.717, 1.165) is 16.3 Å². The summed E-state index contributed by atoms with van der Waals surface area (Å²) >= 11 is 2.92. The van der Waals surface area contributed by atoms with E-state index in [1.165, 1.54) is 24.9 Å². The van der Waals surface area contributed by atoms with Crippen molar-refractivity contribution in [2.75, 3.05) is 19.4 Å². The van der Waals surface area contributed by atoms with E-state index in [-0.39, 0.29) is 23.2 Å². The highest BCUT2D eigenvalue weighted by molar-refractivity contribution is 7.99. The molecule has 2 aromatic heterocycles. The zero-order valence-corrected chi connectivity index (χ0v) is 18.6. The lowest BCUT2D eigenvalue weighted by Crippen LogP contribution is -2.27. The lowest BCUT2D eigenvalue weighted by molar-refractivity contribution is -0.118. The zero-order valence-electron chi connectivity index (χ0n) is 17.0. The number of hydrogen-bond acceptors (Lipinski definition) is 7. The number of thioether (sulfide) groups is 1. The van der Waals surface area contributed by atoms with Crippen molar-refractivity contribution in [2.24, 2.45) is 0 Å². The molecule has 1 N–H and O–H groups in total. The molecule has 0 unspecified atom stereocenters. The fraction of sp³-hybridized carbons (Fsp3) is 0.350. The van der Waals surface area contributed by atoms with Gasteiger partial charge in [-0.3, -0.25) is 4.79 Å². The summed E-state index contributed by atoms with van der Waals surface area (Å²) in [5.74, 6) is 1.09. The molecule has 0 radical (unpaired) electrons. The van der Waals surface area contributed by atoms with Gasteiger partial charge >= 0.3 is 6.61 Å². The summed E-state index contributed by atoms with van der Waals surface area (Å²) in [6.45, 7) is 0.197. The summed E-state index contributed by atoms with van der Waals surface area (Å²) in [6, 6.07) is 8.67. The van der Waals surface area contributed by atoms with E-state index in [1.54, 1.807) is 23.5 Å². The topological polar surface area (TPSA) is 78.3 Å². The molecule has 0 fully saturated rings. The lowest BCUT2D eigenvalue weighted by atomic mass is 10.1. The normalized spacial score (nSPS) is 11.0. The van der Waals surface area contributed by atoms with E-state index >= 15 is 0 Å². The van der Waals surface area contributed by atoms with Crippen molar-refractivity contribution >= 4 is 29.0 Å². The third-order valence-corrected chi connectivity index (χ3v) is 6.12. The van der Waals surface area contributed by atoms with Crippen molar-refractivity contribution in [1.82, 2.24) is 20.1 Å². The maximum absolute atomic E-state index is 12.4. The molecule has 0 aliphatic carbocycles. The Kier molecular flexibility index (Phi) is 8.24. The van der Waals surface area contributed by atoms with Crippen LogP contribution in [0.5, 0.6) is 11.5 Å². The Morgan fingerprint density at radius 1 is 1.29 bits per heavy atom. The number of aromatic nitrogens is 3. The van der Waals surface area contributed by atoms with Crippen LogP contribution in [0.4, 0.5) is 8.78 Å². The van der Waals surface area contributed by atoms with E-state index < -0.39 is 6.61 Å². The Morgan fingerprint density at radius 2 is 2.13 bits per heavy atom. The molecule has 1 aromatic carbocycles. The van der Waals surface area contributed by atoms with Gasteiger partial charge in [0.05, 0.1) is 17.7 Å². The van der Waals surface area contributed by atoms with Gasteiger partial charge in [0.25, 0.3) is 0 Å². The van der Waals surface area contributed by atoms with Gasteiger partial charge in [0, 0.05) is 13.1 Å². The van der Waals surface area contributed by atoms with Crippen LogP contribution in [0.25, 0.3) is 10.7 Å². The highest BCUT2D eigenvalue weighted by Gasteiger charge is 2.15. The number of methoxy groups -OCH3 is 1. The fourth-order valence-electron chi connectivity index (χ4n) is 2.86. The predicted molar refractivity (Wildman–Crippen MR) is 116 cm³/mol. The van der Waals surface area contributed by atoms with Crippen LogP contribution in [0.2, 0.25) is 0 Å². The number of nitrogens with zero attached hydrogens (tertiary/aromatic N) is 3. The molecule has 1 amide bonds. The molecule has 0 atom stereocenters. The van der Waals surface area contributed by atoms with Crippen molar-refractivity contribution in [3.8, 4) is 22.2 Å². The summed E-state index contributed by atoms with van der Waals surface area (Å²) in [5.41, 5.74) is 0.831. The molecule has 0 spiro atoms. The van der Waals surface area contributed by atoms with Crippen molar-refractivity contribution in [3.63, 3.8) is 0 Å². The van der Waals surface area contributed by atoms with Gasteiger partial charge in [-0.1, -0.05) is 23.9 Å². The molecule has 0 saturated heterocycles. The number of hydrogen-bond donors (Lipinski definition) is 1. The largest absolute Gasteiger partial charge is 0.493 e. The average molecular weight is 469 g/mol. The van der Waals surface area contributed by atoms with Crippen LogP contribution in [0, 0.1) is 0 Å². The molecule has 31 heavy (non-hydrogen) atoms. The van der Waals surface area contributed by atoms with E-state index in [1.807, 2.05) is 29.0 Å². The highest BCUT2D eigenvalue weighted by Crippen LogP contribution is 2.30. The lowest BCUT2D eigenvalue weighted by Gasteiger charge is -2.11. The zero-order chi connectivity index (χ0) is 22.2. The van der Waals surface area contributed by atoms with Crippen LogP contribution in [-0.4, -0.2) is 46.7 Å². The molecule has 11 heteroatoms. The highest BCUT2D eigenvalue weighted by atomic mass is 32.2. The van der Waals surface area contributed by atoms with Crippen molar-refractivity contribution < 1.29 is 23.0 Å². The average Bonchev–Trinajstić information content (AvgIpc) is 3.42. The van der Waals surface area contributed by atoms with Crippen LogP contribution in [0.1, 0.15) is 12.5 Å². The van der Waals surface area contributed by atoms with Crippen LogP contribution in [-0.2, 0) is 17.8 Å². The van der Waals surface area contributed by atoms with E-state index in [4.69, 9.17) is 4.74 Å². The Morgan fingerprint density at radius 3 is 2.81 bits per heavy atom. The number of rotatable bonds is 11. The number of carbonyl (C=O) groups excluding carboxylic acids is 1. The quantitative estimate of drug-likeness (QED) is 0.427. The number of thiophene rings is 1. The Bertz CT molecular complexity index is 996. The first kappa shape index (κ1) is 23.0. The van der Waals surface area contributed by atoms with Crippen LogP contribution < -0.4 is 14.8 Å². The molecule has 0 aliphatic rings. The number of benzene rings is 1. The van der Waals surface area contributed by atoms with Crippen LogP contribution >= 0.6 is 23.1 Å². The number of nitrogens with one attached hydrogen (secondary N) is 1. The Hall–Kier alpha value is -2.66. The van der Waals surface area contributed by atoms with Gasteiger partial charge in [-0.25, -0.2) is 0 Å². The SMILES string of the molecule is CCn1c(SCC(=O)NCCc2ccc(OC(F)F)c(OC)c2)nnc1-c1cccs1. The standard InChI is InChI=1S/C20H22F2N4O3S2/c1-3-26-18(16-5-4-10-30-16)24-25-20(26)31-12-17(27)23-9-8-13-6-7-14(29-19(21)22)15(11-13)28-2/h4-7,10-11,19H,3,8-9,12H2,1-2H3,(H,23,27).